The van der Waals surface area contributed by atoms with Crippen molar-refractivity contribution in [2.75, 3.05) is 0 Å². The summed E-state index contributed by atoms with van der Waals surface area (Å²) >= 11 is 6.70. The smallest absolute Gasteiger partial charge is 0.166 e. The standard InChI is InChI=1S/C24H14ClF3N4O/c25-20-15(12-7-13(9-29-8-12)23(33)22-18(27)5-2-6-30-22)10-31-24-19(20)16(11-32-24)14-3-1-4-17(26)21(14)28/h1-11,23,33H,(H,31,32). The second-order valence-electron chi connectivity index (χ2n) is 7.29. The monoisotopic (exact) mass is 466 g/mol. The average Bonchev–Trinajstić information content (AvgIpc) is 3.26. The average molecular weight is 467 g/mol. The fourth-order valence-electron chi connectivity index (χ4n) is 3.69. The van der Waals surface area contributed by atoms with Gasteiger partial charge in [-0.3, -0.25) is 9.97 Å². The van der Waals surface area contributed by atoms with Gasteiger partial charge < -0.3 is 10.1 Å². The van der Waals surface area contributed by atoms with Gasteiger partial charge >= 0.3 is 0 Å². The lowest BCUT2D eigenvalue weighted by atomic mass is 10.00. The third-order valence-corrected chi connectivity index (χ3v) is 5.70. The van der Waals surface area contributed by atoms with Gasteiger partial charge in [-0.15, -0.1) is 0 Å². The first kappa shape index (κ1) is 21.1. The van der Waals surface area contributed by atoms with E-state index in [-0.39, 0.29) is 16.3 Å². The minimum absolute atomic E-state index is 0.0371. The fraction of sp³-hybridized carbons (Fsp3) is 0.0417. The Balaban J connectivity index is 1.63. The number of aliphatic hydroxyl groups excluding tert-OH is 1. The molecule has 1 aromatic carbocycles. The van der Waals surface area contributed by atoms with Gasteiger partial charge in [0.2, 0.25) is 0 Å². The number of aromatic nitrogens is 4. The second-order valence-corrected chi connectivity index (χ2v) is 7.67. The summed E-state index contributed by atoms with van der Waals surface area (Å²) in [5.74, 6) is -2.62. The van der Waals surface area contributed by atoms with E-state index in [0.717, 1.165) is 6.07 Å². The lowest BCUT2D eigenvalue weighted by Gasteiger charge is -2.13. The molecule has 0 saturated heterocycles. The van der Waals surface area contributed by atoms with E-state index in [1.165, 1.54) is 55.2 Å². The SMILES string of the molecule is OC(c1cncc(-c2cnc3[nH]cc(-c4cccc(F)c4F)c3c2Cl)c1)c1ncccc1F. The molecular weight excluding hydrogens is 453 g/mol. The molecule has 4 aromatic heterocycles. The van der Waals surface area contributed by atoms with E-state index in [4.69, 9.17) is 11.6 Å². The van der Waals surface area contributed by atoms with E-state index in [9.17, 15) is 18.3 Å². The van der Waals surface area contributed by atoms with Gasteiger partial charge in [0.05, 0.1) is 5.02 Å². The number of nitrogens with one attached hydrogen (secondary N) is 1. The van der Waals surface area contributed by atoms with Crippen LogP contribution in [0.5, 0.6) is 0 Å². The summed E-state index contributed by atoms with van der Waals surface area (Å²) in [5, 5.41) is 11.3. The van der Waals surface area contributed by atoms with E-state index < -0.39 is 23.6 Å². The number of aliphatic hydroxyl groups is 1. The number of aromatic amines is 1. The third-order valence-electron chi connectivity index (χ3n) is 5.31. The van der Waals surface area contributed by atoms with Crippen molar-refractivity contribution in [3.05, 3.63) is 101 Å². The third kappa shape index (κ3) is 3.63. The van der Waals surface area contributed by atoms with Crippen LogP contribution in [-0.2, 0) is 0 Å². The van der Waals surface area contributed by atoms with Gasteiger partial charge in [0.25, 0.3) is 0 Å². The normalized spacial score (nSPS) is 12.3. The van der Waals surface area contributed by atoms with Crippen molar-refractivity contribution in [1.29, 1.82) is 0 Å². The quantitative estimate of drug-likeness (QED) is 0.349. The molecule has 5 nitrogen and oxygen atoms in total. The molecule has 0 aliphatic rings. The number of fused-ring (bicyclic) bond motifs is 1. The molecule has 0 radical (unpaired) electrons. The maximum atomic E-state index is 14.5. The Morgan fingerprint density at radius 2 is 1.73 bits per heavy atom. The number of hydrogen-bond acceptors (Lipinski definition) is 4. The van der Waals surface area contributed by atoms with Crippen LogP contribution >= 0.6 is 11.6 Å². The molecule has 0 fully saturated rings. The first-order chi connectivity index (χ1) is 16.0. The predicted molar refractivity (Wildman–Crippen MR) is 118 cm³/mol. The second kappa shape index (κ2) is 8.31. The van der Waals surface area contributed by atoms with Crippen LogP contribution < -0.4 is 0 Å². The number of hydrogen-bond donors (Lipinski definition) is 2. The molecule has 2 N–H and O–H groups in total. The molecule has 5 aromatic rings. The summed E-state index contributed by atoms with van der Waals surface area (Å²) in [6.45, 7) is 0. The number of pyridine rings is 3. The van der Waals surface area contributed by atoms with Crippen molar-refractivity contribution >= 4 is 22.6 Å². The number of nitrogens with zero attached hydrogens (tertiary/aromatic N) is 3. The number of halogens is 4. The summed E-state index contributed by atoms with van der Waals surface area (Å²) in [6.07, 6.45) is 5.95. The van der Waals surface area contributed by atoms with Gasteiger partial charge in [-0.2, -0.15) is 0 Å². The minimum atomic E-state index is -1.35. The van der Waals surface area contributed by atoms with Crippen LogP contribution in [0, 0.1) is 17.5 Å². The van der Waals surface area contributed by atoms with Crippen LogP contribution in [0.1, 0.15) is 17.4 Å². The van der Waals surface area contributed by atoms with Gasteiger partial charge in [0.1, 0.15) is 23.3 Å². The lowest BCUT2D eigenvalue weighted by molar-refractivity contribution is 0.209. The highest BCUT2D eigenvalue weighted by molar-refractivity contribution is 6.39. The summed E-state index contributed by atoms with van der Waals surface area (Å²) in [7, 11) is 0. The van der Waals surface area contributed by atoms with Gasteiger partial charge in [-0.05, 0) is 24.3 Å². The van der Waals surface area contributed by atoms with E-state index in [1.54, 1.807) is 6.07 Å². The molecule has 0 amide bonds. The number of benzene rings is 1. The zero-order chi connectivity index (χ0) is 23.1. The van der Waals surface area contributed by atoms with Gasteiger partial charge in [-0.1, -0.05) is 23.7 Å². The van der Waals surface area contributed by atoms with Crippen LogP contribution in [0.15, 0.2) is 67.4 Å². The van der Waals surface area contributed by atoms with Crippen molar-refractivity contribution in [2.45, 2.75) is 6.10 Å². The Morgan fingerprint density at radius 1 is 0.909 bits per heavy atom. The maximum absolute atomic E-state index is 14.5. The Bertz CT molecular complexity index is 1500. The van der Waals surface area contributed by atoms with Gasteiger partial charge in [0.15, 0.2) is 11.6 Å². The van der Waals surface area contributed by atoms with E-state index in [1.807, 2.05) is 0 Å². The van der Waals surface area contributed by atoms with Crippen LogP contribution in [0.2, 0.25) is 5.02 Å². The molecule has 0 saturated carbocycles. The largest absolute Gasteiger partial charge is 0.382 e. The van der Waals surface area contributed by atoms with Gasteiger partial charge in [0, 0.05) is 64.2 Å². The zero-order valence-electron chi connectivity index (χ0n) is 16.7. The number of rotatable bonds is 4. The van der Waals surface area contributed by atoms with Crippen LogP contribution in [0.3, 0.4) is 0 Å². The minimum Gasteiger partial charge on any atom is -0.382 e. The maximum Gasteiger partial charge on any atom is 0.166 e. The first-order valence-corrected chi connectivity index (χ1v) is 10.2. The highest BCUT2D eigenvalue weighted by Crippen LogP contribution is 2.40. The van der Waals surface area contributed by atoms with Crippen LogP contribution in [0.4, 0.5) is 13.2 Å². The fourth-order valence-corrected chi connectivity index (χ4v) is 4.04. The summed E-state index contributed by atoms with van der Waals surface area (Å²) in [6, 6.07) is 8.11. The van der Waals surface area contributed by atoms with Crippen molar-refractivity contribution in [3.8, 4) is 22.3 Å². The summed E-state index contributed by atoms with van der Waals surface area (Å²) in [4.78, 5) is 15.3. The molecule has 5 rings (SSSR count). The highest BCUT2D eigenvalue weighted by Gasteiger charge is 2.21. The zero-order valence-corrected chi connectivity index (χ0v) is 17.5. The van der Waals surface area contributed by atoms with Crippen molar-refractivity contribution in [2.24, 2.45) is 0 Å². The summed E-state index contributed by atoms with van der Waals surface area (Å²) in [5.41, 5.74) is 1.88. The number of H-pyrrole nitrogens is 1. The molecule has 9 heteroatoms. The Kier molecular flexibility index (Phi) is 5.32. The molecule has 0 aliphatic heterocycles. The molecule has 0 spiro atoms. The van der Waals surface area contributed by atoms with Crippen molar-refractivity contribution < 1.29 is 18.3 Å². The van der Waals surface area contributed by atoms with Gasteiger partial charge in [-0.25, -0.2) is 18.2 Å². The highest BCUT2D eigenvalue weighted by atomic mass is 35.5. The molecule has 1 unspecified atom stereocenters. The van der Waals surface area contributed by atoms with Crippen LogP contribution in [0.25, 0.3) is 33.3 Å². The molecule has 0 aliphatic carbocycles. The van der Waals surface area contributed by atoms with E-state index in [2.05, 4.69) is 19.9 Å². The molecular formula is C24H14ClF3N4O. The van der Waals surface area contributed by atoms with Crippen molar-refractivity contribution in [1.82, 2.24) is 19.9 Å². The van der Waals surface area contributed by atoms with E-state index in [0.29, 0.717) is 33.3 Å². The molecule has 33 heavy (non-hydrogen) atoms. The topological polar surface area (TPSA) is 74.7 Å². The summed E-state index contributed by atoms with van der Waals surface area (Å²) < 4.78 is 42.3. The molecule has 0 bridgehead atoms. The molecule has 4 heterocycles. The predicted octanol–water partition coefficient (Wildman–Crippen LogP) is 5.84. The Morgan fingerprint density at radius 3 is 2.55 bits per heavy atom. The molecule has 1 atom stereocenters. The first-order valence-electron chi connectivity index (χ1n) is 9.79. The Hall–Kier alpha value is -3.75. The van der Waals surface area contributed by atoms with Crippen molar-refractivity contribution in [3.63, 3.8) is 0 Å². The lowest BCUT2D eigenvalue weighted by Crippen LogP contribution is -2.05. The molecule has 164 valence electrons. The van der Waals surface area contributed by atoms with Crippen LogP contribution in [-0.4, -0.2) is 25.0 Å². The Labute approximate surface area is 190 Å². The van der Waals surface area contributed by atoms with E-state index >= 15 is 0 Å².